The molecule has 0 saturated carbocycles. The Bertz CT molecular complexity index is 682. The van der Waals surface area contributed by atoms with Crippen molar-refractivity contribution in [1.82, 2.24) is 15.6 Å². The van der Waals surface area contributed by atoms with Crippen molar-refractivity contribution in [2.75, 3.05) is 20.7 Å². The van der Waals surface area contributed by atoms with Crippen LogP contribution < -0.4 is 15.4 Å². The second kappa shape index (κ2) is 8.26. The smallest absolute Gasteiger partial charge is 0.224 e. The highest BCUT2D eigenvalue weighted by Crippen LogP contribution is 2.32. The molecule has 1 amide bonds. The number of benzene rings is 1. The fourth-order valence-electron chi connectivity index (χ4n) is 2.49. The number of nitrogens with one attached hydrogen (secondary N) is 2. The van der Waals surface area contributed by atoms with E-state index in [4.69, 9.17) is 4.74 Å². The first-order valence-corrected chi connectivity index (χ1v) is 8.84. The van der Waals surface area contributed by atoms with Crippen molar-refractivity contribution in [3.63, 3.8) is 0 Å². The summed E-state index contributed by atoms with van der Waals surface area (Å²) >= 11 is 1.62. The highest BCUT2D eigenvalue weighted by molar-refractivity contribution is 7.15. The molecule has 0 aliphatic carbocycles. The van der Waals surface area contributed by atoms with Gasteiger partial charge in [0, 0.05) is 18.0 Å². The van der Waals surface area contributed by atoms with E-state index in [0.29, 0.717) is 6.54 Å². The number of thiazole rings is 1. The lowest BCUT2D eigenvalue weighted by Gasteiger charge is -2.16. The quantitative estimate of drug-likeness (QED) is 0.807. The lowest BCUT2D eigenvalue weighted by molar-refractivity contribution is -0.125. The Hall–Kier alpha value is -1.92. The van der Waals surface area contributed by atoms with Gasteiger partial charge in [-0.05, 0) is 45.2 Å². The van der Waals surface area contributed by atoms with Crippen LogP contribution in [0, 0.1) is 12.8 Å². The van der Waals surface area contributed by atoms with Crippen LogP contribution in [0.4, 0.5) is 0 Å². The van der Waals surface area contributed by atoms with Crippen molar-refractivity contribution in [1.29, 1.82) is 0 Å². The average molecular weight is 347 g/mol. The molecule has 24 heavy (non-hydrogen) atoms. The normalized spacial score (nSPS) is 13.4. The average Bonchev–Trinajstić information content (AvgIpc) is 2.97. The van der Waals surface area contributed by atoms with Gasteiger partial charge in [-0.25, -0.2) is 4.98 Å². The second-order valence-electron chi connectivity index (χ2n) is 5.89. The molecule has 5 nitrogen and oxygen atoms in total. The Kier molecular flexibility index (Phi) is 6.34. The Balaban J connectivity index is 2.13. The summed E-state index contributed by atoms with van der Waals surface area (Å²) in [5, 5.41) is 7.06. The Labute approximate surface area is 147 Å². The van der Waals surface area contributed by atoms with E-state index in [1.165, 1.54) is 0 Å². The van der Waals surface area contributed by atoms with E-state index in [0.717, 1.165) is 26.9 Å². The number of ether oxygens (including phenoxy) is 1. The minimum atomic E-state index is -0.0632. The predicted octanol–water partition coefficient (Wildman–Crippen LogP) is 3.16. The van der Waals surface area contributed by atoms with Crippen molar-refractivity contribution >= 4 is 17.2 Å². The van der Waals surface area contributed by atoms with E-state index in [9.17, 15) is 4.79 Å². The molecular formula is C18H25N3O2S. The Morgan fingerprint density at radius 2 is 1.96 bits per heavy atom. The summed E-state index contributed by atoms with van der Waals surface area (Å²) in [4.78, 5) is 17.9. The van der Waals surface area contributed by atoms with Crippen molar-refractivity contribution in [3.05, 3.63) is 34.8 Å². The summed E-state index contributed by atoms with van der Waals surface area (Å²) in [6.07, 6.45) is 0. The van der Waals surface area contributed by atoms with Crippen LogP contribution in [0.3, 0.4) is 0 Å². The molecule has 0 saturated heterocycles. The molecule has 0 bridgehead atoms. The van der Waals surface area contributed by atoms with E-state index in [1.807, 2.05) is 52.1 Å². The third-order valence-electron chi connectivity index (χ3n) is 3.88. The summed E-state index contributed by atoms with van der Waals surface area (Å²) in [5.41, 5.74) is 2.01. The second-order valence-corrected chi connectivity index (χ2v) is 6.92. The van der Waals surface area contributed by atoms with Gasteiger partial charge < -0.3 is 15.4 Å². The molecule has 130 valence electrons. The number of aromatic nitrogens is 1. The van der Waals surface area contributed by atoms with Gasteiger partial charge in [-0.15, -0.1) is 11.3 Å². The maximum absolute atomic E-state index is 12.2. The molecular weight excluding hydrogens is 322 g/mol. The Morgan fingerprint density at radius 3 is 2.54 bits per heavy atom. The zero-order chi connectivity index (χ0) is 17.7. The zero-order valence-electron chi connectivity index (χ0n) is 14.8. The number of methoxy groups -OCH3 is 1. The number of rotatable bonds is 7. The molecule has 0 radical (unpaired) electrons. The molecule has 1 aromatic carbocycles. The molecule has 1 heterocycles. The van der Waals surface area contributed by atoms with Crippen LogP contribution in [0.5, 0.6) is 5.75 Å². The van der Waals surface area contributed by atoms with Crippen LogP contribution in [0.15, 0.2) is 24.3 Å². The van der Waals surface area contributed by atoms with Gasteiger partial charge in [-0.1, -0.05) is 6.92 Å². The van der Waals surface area contributed by atoms with E-state index in [-0.39, 0.29) is 17.9 Å². The summed E-state index contributed by atoms with van der Waals surface area (Å²) in [7, 11) is 3.50. The van der Waals surface area contributed by atoms with Crippen LogP contribution in [-0.2, 0) is 4.79 Å². The first kappa shape index (κ1) is 18.4. The molecule has 2 unspecified atom stereocenters. The molecule has 2 N–H and O–H groups in total. The van der Waals surface area contributed by atoms with Gasteiger partial charge in [-0.2, -0.15) is 0 Å². The maximum atomic E-state index is 12.2. The van der Waals surface area contributed by atoms with Crippen LogP contribution >= 0.6 is 11.3 Å². The van der Waals surface area contributed by atoms with Crippen LogP contribution in [-0.4, -0.2) is 31.6 Å². The number of nitrogens with zero attached hydrogens (tertiary/aromatic N) is 1. The fourth-order valence-corrected chi connectivity index (χ4v) is 3.56. The summed E-state index contributed by atoms with van der Waals surface area (Å²) in [5.74, 6) is 0.814. The summed E-state index contributed by atoms with van der Waals surface area (Å²) in [6.45, 7) is 6.57. The van der Waals surface area contributed by atoms with E-state index in [1.54, 1.807) is 18.4 Å². The highest BCUT2D eigenvalue weighted by Gasteiger charge is 2.19. The standard InChI is InChI=1S/C18H25N3O2S/c1-11(10-19-4)17(22)20-12(2)16-13(3)21-18(24-16)14-6-8-15(23-5)9-7-14/h6-9,11-12,19H,10H2,1-5H3,(H,20,22). The molecule has 0 aliphatic rings. The largest absolute Gasteiger partial charge is 0.497 e. The molecule has 2 rings (SSSR count). The summed E-state index contributed by atoms with van der Waals surface area (Å²) < 4.78 is 5.19. The molecule has 1 aromatic heterocycles. The minimum Gasteiger partial charge on any atom is -0.497 e. The molecule has 0 aliphatic heterocycles. The van der Waals surface area contributed by atoms with Gasteiger partial charge in [-0.3, -0.25) is 4.79 Å². The highest BCUT2D eigenvalue weighted by atomic mass is 32.1. The fraction of sp³-hybridized carbons (Fsp3) is 0.444. The van der Waals surface area contributed by atoms with Gasteiger partial charge in [0.05, 0.1) is 23.7 Å². The number of amides is 1. The van der Waals surface area contributed by atoms with Crippen LogP contribution in [0.2, 0.25) is 0 Å². The van der Waals surface area contributed by atoms with Crippen molar-refractivity contribution < 1.29 is 9.53 Å². The van der Waals surface area contributed by atoms with Crippen LogP contribution in [0.1, 0.15) is 30.5 Å². The minimum absolute atomic E-state index is 0.0515. The van der Waals surface area contributed by atoms with Crippen molar-refractivity contribution in [2.24, 2.45) is 5.92 Å². The van der Waals surface area contributed by atoms with Gasteiger partial charge in [0.2, 0.25) is 5.91 Å². The van der Waals surface area contributed by atoms with Gasteiger partial charge in [0.1, 0.15) is 10.8 Å². The van der Waals surface area contributed by atoms with Crippen LogP contribution in [0.25, 0.3) is 10.6 Å². The topological polar surface area (TPSA) is 63.2 Å². The third-order valence-corrected chi connectivity index (χ3v) is 5.27. The first-order valence-electron chi connectivity index (χ1n) is 8.03. The van der Waals surface area contributed by atoms with Gasteiger partial charge >= 0.3 is 0 Å². The maximum Gasteiger partial charge on any atom is 0.224 e. The molecule has 2 atom stereocenters. The number of carbonyl (C=O) groups is 1. The molecule has 2 aromatic rings. The molecule has 6 heteroatoms. The molecule has 0 spiro atoms. The zero-order valence-corrected chi connectivity index (χ0v) is 15.7. The SMILES string of the molecule is CNCC(C)C(=O)NC(C)c1sc(-c2ccc(OC)cc2)nc1C. The predicted molar refractivity (Wildman–Crippen MR) is 98.5 cm³/mol. The third kappa shape index (κ3) is 4.33. The monoisotopic (exact) mass is 347 g/mol. The van der Waals surface area contributed by atoms with E-state index < -0.39 is 0 Å². The lowest BCUT2D eigenvalue weighted by atomic mass is 10.1. The van der Waals surface area contributed by atoms with E-state index in [2.05, 4.69) is 15.6 Å². The summed E-state index contributed by atoms with van der Waals surface area (Å²) in [6, 6.07) is 7.80. The van der Waals surface area contributed by atoms with E-state index >= 15 is 0 Å². The van der Waals surface area contributed by atoms with Crippen molar-refractivity contribution in [3.8, 4) is 16.3 Å². The number of carbonyl (C=O) groups excluding carboxylic acids is 1. The lowest BCUT2D eigenvalue weighted by Crippen LogP contribution is -2.35. The van der Waals surface area contributed by atoms with Gasteiger partial charge in [0.25, 0.3) is 0 Å². The number of hydrogen-bond donors (Lipinski definition) is 2. The Morgan fingerprint density at radius 1 is 1.29 bits per heavy atom. The van der Waals surface area contributed by atoms with Gasteiger partial charge in [0.15, 0.2) is 0 Å². The first-order chi connectivity index (χ1) is 11.5. The molecule has 0 fully saturated rings. The number of hydrogen-bond acceptors (Lipinski definition) is 5. The number of aryl methyl sites for hydroxylation is 1. The van der Waals surface area contributed by atoms with Crippen molar-refractivity contribution in [2.45, 2.75) is 26.8 Å².